The molecule has 1 aromatic carbocycles. The monoisotopic (exact) mass is 195 g/mol. The van der Waals surface area contributed by atoms with Crippen LogP contribution < -0.4 is 4.90 Å². The summed E-state index contributed by atoms with van der Waals surface area (Å²) in [5.41, 5.74) is 1.12. The largest absolute Gasteiger partial charge is 0.479 e. The molecule has 0 aromatic heterocycles. The molecule has 0 amide bonds. The van der Waals surface area contributed by atoms with Gasteiger partial charge in [0.2, 0.25) is 0 Å². The molecule has 1 atom stereocenters. The fourth-order valence-electron chi connectivity index (χ4n) is 1.26. The van der Waals surface area contributed by atoms with Crippen LogP contribution in [0.1, 0.15) is 11.7 Å². The van der Waals surface area contributed by atoms with Gasteiger partial charge in [-0.25, -0.2) is 4.79 Å². The second kappa shape index (κ2) is 4.11. The lowest BCUT2D eigenvalue weighted by Gasteiger charge is -2.18. The summed E-state index contributed by atoms with van der Waals surface area (Å²) in [6, 6.07) is 6.87. The van der Waals surface area contributed by atoms with Crippen molar-refractivity contribution in [1.29, 1.82) is 0 Å². The Kier molecular flexibility index (Phi) is 3.09. The summed E-state index contributed by atoms with van der Waals surface area (Å²) in [5, 5.41) is 18.1. The first-order valence-electron chi connectivity index (χ1n) is 4.21. The summed E-state index contributed by atoms with van der Waals surface area (Å²) in [6.45, 7) is 0. The SMILES string of the molecule is CN(C)c1ccccc1C(O)C(=O)O. The van der Waals surface area contributed by atoms with Crippen molar-refractivity contribution in [1.82, 2.24) is 0 Å². The molecule has 14 heavy (non-hydrogen) atoms. The molecule has 0 spiro atoms. The Morgan fingerprint density at radius 1 is 1.36 bits per heavy atom. The fourth-order valence-corrected chi connectivity index (χ4v) is 1.26. The van der Waals surface area contributed by atoms with Gasteiger partial charge in [-0.2, -0.15) is 0 Å². The van der Waals surface area contributed by atoms with Crippen molar-refractivity contribution >= 4 is 11.7 Å². The first-order chi connectivity index (χ1) is 6.54. The molecule has 0 aliphatic heterocycles. The summed E-state index contributed by atoms with van der Waals surface area (Å²) >= 11 is 0. The number of hydrogen-bond donors (Lipinski definition) is 2. The minimum absolute atomic E-state index is 0.407. The van der Waals surface area contributed by atoms with E-state index in [4.69, 9.17) is 5.11 Å². The first kappa shape index (κ1) is 10.5. The average Bonchev–Trinajstić information content (AvgIpc) is 2.16. The zero-order valence-corrected chi connectivity index (χ0v) is 8.14. The van der Waals surface area contributed by atoms with Gasteiger partial charge in [-0.05, 0) is 6.07 Å². The minimum Gasteiger partial charge on any atom is -0.479 e. The predicted molar refractivity (Wildman–Crippen MR) is 53.4 cm³/mol. The Morgan fingerprint density at radius 3 is 2.43 bits per heavy atom. The quantitative estimate of drug-likeness (QED) is 0.751. The number of benzene rings is 1. The van der Waals surface area contributed by atoms with E-state index < -0.39 is 12.1 Å². The van der Waals surface area contributed by atoms with Crippen LogP contribution in [-0.2, 0) is 4.79 Å². The van der Waals surface area contributed by atoms with Crippen molar-refractivity contribution in [3.8, 4) is 0 Å². The van der Waals surface area contributed by atoms with Crippen LogP contribution in [0.3, 0.4) is 0 Å². The highest BCUT2D eigenvalue weighted by Gasteiger charge is 2.19. The number of aliphatic hydroxyl groups is 1. The van der Waals surface area contributed by atoms with E-state index in [1.54, 1.807) is 43.3 Å². The maximum Gasteiger partial charge on any atom is 0.337 e. The summed E-state index contributed by atoms with van der Waals surface area (Å²) in [4.78, 5) is 12.4. The molecule has 0 fully saturated rings. The Morgan fingerprint density at radius 2 is 1.93 bits per heavy atom. The van der Waals surface area contributed by atoms with Gasteiger partial charge < -0.3 is 15.1 Å². The van der Waals surface area contributed by atoms with Gasteiger partial charge in [-0.15, -0.1) is 0 Å². The summed E-state index contributed by atoms with van der Waals surface area (Å²) < 4.78 is 0. The molecule has 0 aliphatic carbocycles. The molecule has 0 saturated heterocycles. The third-order valence-corrected chi connectivity index (χ3v) is 1.95. The first-order valence-corrected chi connectivity index (χ1v) is 4.21. The number of carboxylic acid groups (broad SMARTS) is 1. The highest BCUT2D eigenvalue weighted by molar-refractivity contribution is 5.77. The van der Waals surface area contributed by atoms with Crippen LogP contribution in [0.4, 0.5) is 5.69 Å². The van der Waals surface area contributed by atoms with E-state index in [0.717, 1.165) is 0 Å². The Balaban J connectivity index is 3.13. The number of rotatable bonds is 3. The molecule has 0 radical (unpaired) electrons. The molecule has 0 heterocycles. The van der Waals surface area contributed by atoms with E-state index >= 15 is 0 Å². The van der Waals surface area contributed by atoms with Crippen molar-refractivity contribution in [2.24, 2.45) is 0 Å². The Bertz CT molecular complexity index is 336. The van der Waals surface area contributed by atoms with E-state index in [9.17, 15) is 9.90 Å². The molecule has 4 nitrogen and oxygen atoms in total. The number of para-hydroxylation sites is 1. The molecule has 1 aromatic rings. The maximum absolute atomic E-state index is 10.6. The fraction of sp³-hybridized carbons (Fsp3) is 0.300. The average molecular weight is 195 g/mol. The number of hydrogen-bond acceptors (Lipinski definition) is 3. The lowest BCUT2D eigenvalue weighted by atomic mass is 10.1. The van der Waals surface area contributed by atoms with Gasteiger partial charge in [0, 0.05) is 25.3 Å². The highest BCUT2D eigenvalue weighted by Crippen LogP contribution is 2.24. The molecule has 2 N–H and O–H groups in total. The van der Waals surface area contributed by atoms with Crippen molar-refractivity contribution in [2.75, 3.05) is 19.0 Å². The van der Waals surface area contributed by atoms with Crippen LogP contribution in [0.25, 0.3) is 0 Å². The molecule has 0 saturated carbocycles. The van der Waals surface area contributed by atoms with Crippen LogP contribution in [0.2, 0.25) is 0 Å². The number of nitrogens with zero attached hydrogens (tertiary/aromatic N) is 1. The molecular weight excluding hydrogens is 182 g/mol. The smallest absolute Gasteiger partial charge is 0.337 e. The number of anilines is 1. The van der Waals surface area contributed by atoms with E-state index in [0.29, 0.717) is 11.3 Å². The highest BCUT2D eigenvalue weighted by atomic mass is 16.4. The second-order valence-electron chi connectivity index (χ2n) is 3.19. The van der Waals surface area contributed by atoms with Gasteiger partial charge >= 0.3 is 5.97 Å². The number of carbonyl (C=O) groups is 1. The number of aliphatic hydroxyl groups excluding tert-OH is 1. The van der Waals surface area contributed by atoms with E-state index in [1.165, 1.54) is 0 Å². The maximum atomic E-state index is 10.6. The summed E-state index contributed by atoms with van der Waals surface area (Å²) in [6.07, 6.45) is -1.46. The number of aliphatic carboxylic acids is 1. The molecule has 0 aliphatic rings. The van der Waals surface area contributed by atoms with Crippen molar-refractivity contribution < 1.29 is 15.0 Å². The molecule has 1 unspecified atom stereocenters. The van der Waals surface area contributed by atoms with Crippen LogP contribution in [0.5, 0.6) is 0 Å². The summed E-state index contributed by atoms with van der Waals surface area (Å²) in [5.74, 6) is -1.24. The van der Waals surface area contributed by atoms with Crippen molar-refractivity contribution in [3.05, 3.63) is 29.8 Å². The summed E-state index contributed by atoms with van der Waals surface area (Å²) in [7, 11) is 3.60. The van der Waals surface area contributed by atoms with Gasteiger partial charge in [0.05, 0.1) is 0 Å². The zero-order valence-electron chi connectivity index (χ0n) is 8.14. The van der Waals surface area contributed by atoms with Crippen molar-refractivity contribution in [2.45, 2.75) is 6.10 Å². The second-order valence-corrected chi connectivity index (χ2v) is 3.19. The third kappa shape index (κ3) is 2.03. The molecule has 76 valence electrons. The van der Waals surface area contributed by atoms with Gasteiger partial charge in [0.1, 0.15) is 0 Å². The van der Waals surface area contributed by atoms with Gasteiger partial charge in [-0.1, -0.05) is 18.2 Å². The normalized spacial score (nSPS) is 12.2. The molecule has 1 rings (SSSR count). The van der Waals surface area contributed by atoms with E-state index in [-0.39, 0.29) is 0 Å². The van der Waals surface area contributed by atoms with E-state index in [1.807, 2.05) is 0 Å². The van der Waals surface area contributed by atoms with Crippen LogP contribution in [0.15, 0.2) is 24.3 Å². The lowest BCUT2D eigenvalue weighted by molar-refractivity contribution is -0.146. The Labute approximate surface area is 82.4 Å². The zero-order chi connectivity index (χ0) is 10.7. The molecule has 0 bridgehead atoms. The van der Waals surface area contributed by atoms with Gasteiger partial charge in [-0.3, -0.25) is 0 Å². The third-order valence-electron chi connectivity index (χ3n) is 1.95. The standard InChI is InChI=1S/C10H13NO3/c1-11(2)8-6-4-3-5-7(8)9(12)10(13)14/h3-6,9,12H,1-2H3,(H,13,14). The molecular formula is C10H13NO3. The lowest BCUT2D eigenvalue weighted by Crippen LogP contribution is -2.17. The van der Waals surface area contributed by atoms with Crippen molar-refractivity contribution in [3.63, 3.8) is 0 Å². The predicted octanol–water partition coefficient (Wildman–Crippen LogP) is 0.871. The van der Waals surface area contributed by atoms with Crippen LogP contribution in [0, 0.1) is 0 Å². The molecule has 4 heteroatoms. The van der Waals surface area contributed by atoms with Crippen LogP contribution in [-0.4, -0.2) is 30.3 Å². The Hall–Kier alpha value is -1.55. The topological polar surface area (TPSA) is 60.8 Å². The van der Waals surface area contributed by atoms with E-state index in [2.05, 4.69) is 0 Å². The van der Waals surface area contributed by atoms with Gasteiger partial charge in [0.15, 0.2) is 6.10 Å². The minimum atomic E-state index is -1.46. The number of carboxylic acids is 1. The van der Waals surface area contributed by atoms with Gasteiger partial charge in [0.25, 0.3) is 0 Å². The van der Waals surface area contributed by atoms with Crippen LogP contribution >= 0.6 is 0 Å².